The number of benzene rings is 2. The van der Waals surface area contributed by atoms with Crippen LogP contribution in [0.4, 0.5) is 0 Å². The molecule has 1 heterocycles. The topological polar surface area (TPSA) is 104 Å². The van der Waals surface area contributed by atoms with E-state index in [-0.39, 0.29) is 0 Å². The maximum Gasteiger partial charge on any atom is 0.322 e. The molecule has 0 saturated heterocycles. The van der Waals surface area contributed by atoms with Crippen molar-refractivity contribution in [1.29, 1.82) is 0 Å². The van der Waals surface area contributed by atoms with Crippen molar-refractivity contribution in [1.82, 2.24) is 5.32 Å². The Hall–Kier alpha value is -2.93. The van der Waals surface area contributed by atoms with Crippen LogP contribution in [0.5, 0.6) is 5.75 Å². The monoisotopic (exact) mass is 329 g/mol. The Balaban J connectivity index is 2.27. The number of rotatable bonds is 3. The van der Waals surface area contributed by atoms with E-state index in [4.69, 9.17) is 5.11 Å². The minimum atomic E-state index is -1.24. The molecule has 0 aliphatic carbocycles. The van der Waals surface area contributed by atoms with Gasteiger partial charge < -0.3 is 15.5 Å². The molecular formula is C16H11NO5S. The third-order valence-corrected chi connectivity index (χ3v) is 4.35. The molecule has 3 aromatic rings. The maximum atomic E-state index is 12.1. The summed E-state index contributed by atoms with van der Waals surface area (Å²) in [4.78, 5) is 34.7. The van der Waals surface area contributed by atoms with Gasteiger partial charge in [-0.1, -0.05) is 41.7 Å². The number of fused-ring (bicyclic) bond motifs is 3. The van der Waals surface area contributed by atoms with Crippen molar-refractivity contribution in [2.75, 3.05) is 6.54 Å². The Bertz CT molecular complexity index is 1010. The molecular weight excluding hydrogens is 318 g/mol. The third-order valence-electron chi connectivity index (χ3n) is 3.40. The quantitative estimate of drug-likeness (QED) is 0.637. The Labute approximate surface area is 133 Å². The highest BCUT2D eigenvalue weighted by atomic mass is 32.1. The van der Waals surface area contributed by atoms with Crippen LogP contribution in [0, 0.1) is 0 Å². The lowest BCUT2D eigenvalue weighted by atomic mass is 10.0. The molecule has 3 rings (SSSR count). The number of aliphatic carboxylic acids is 1. The SMILES string of the molecule is O=C(O)CNC(=O)c1c(O)c2c(ccc3ccccc32)sc1=O. The minimum Gasteiger partial charge on any atom is -0.506 e. The number of carbonyl (C=O) groups is 2. The van der Waals surface area contributed by atoms with Crippen LogP contribution in [0.3, 0.4) is 0 Å². The normalized spacial score (nSPS) is 10.8. The van der Waals surface area contributed by atoms with Gasteiger partial charge in [0.25, 0.3) is 5.91 Å². The summed E-state index contributed by atoms with van der Waals surface area (Å²) < 4.78 is -0.0610. The lowest BCUT2D eigenvalue weighted by molar-refractivity contribution is -0.135. The van der Waals surface area contributed by atoms with Crippen molar-refractivity contribution in [3.63, 3.8) is 0 Å². The van der Waals surface area contributed by atoms with Gasteiger partial charge in [-0.25, -0.2) is 0 Å². The van der Waals surface area contributed by atoms with Crippen molar-refractivity contribution < 1.29 is 19.8 Å². The van der Waals surface area contributed by atoms with E-state index in [1.165, 1.54) is 0 Å². The van der Waals surface area contributed by atoms with E-state index >= 15 is 0 Å². The van der Waals surface area contributed by atoms with Crippen LogP contribution in [0.25, 0.3) is 20.9 Å². The highest BCUT2D eigenvalue weighted by Gasteiger charge is 2.21. The van der Waals surface area contributed by atoms with Gasteiger partial charge in [-0.15, -0.1) is 0 Å². The average molecular weight is 329 g/mol. The van der Waals surface area contributed by atoms with Crippen molar-refractivity contribution in [2.45, 2.75) is 0 Å². The molecule has 1 amide bonds. The van der Waals surface area contributed by atoms with Crippen LogP contribution in [-0.2, 0) is 4.79 Å². The molecule has 0 spiro atoms. The van der Waals surface area contributed by atoms with Crippen LogP contribution >= 0.6 is 11.3 Å². The fourth-order valence-corrected chi connectivity index (χ4v) is 3.33. The summed E-state index contributed by atoms with van der Waals surface area (Å²) in [5, 5.41) is 23.2. The molecule has 1 aromatic heterocycles. The zero-order chi connectivity index (χ0) is 16.6. The lowest BCUT2D eigenvalue weighted by Crippen LogP contribution is -2.32. The van der Waals surface area contributed by atoms with Gasteiger partial charge in [0.2, 0.25) is 4.74 Å². The summed E-state index contributed by atoms with van der Waals surface area (Å²) >= 11 is 0.836. The van der Waals surface area contributed by atoms with Crippen molar-refractivity contribution in [3.8, 4) is 5.75 Å². The Kier molecular flexibility index (Phi) is 3.71. The van der Waals surface area contributed by atoms with Gasteiger partial charge in [0.05, 0.1) is 0 Å². The van der Waals surface area contributed by atoms with Gasteiger partial charge in [0, 0.05) is 10.1 Å². The van der Waals surface area contributed by atoms with Crippen molar-refractivity contribution in [3.05, 3.63) is 51.5 Å². The fourth-order valence-electron chi connectivity index (χ4n) is 2.40. The molecule has 0 fully saturated rings. The highest BCUT2D eigenvalue weighted by molar-refractivity contribution is 7.16. The molecule has 7 heteroatoms. The standard InChI is InChI=1S/C16H11NO5S/c18-11(19)7-17-15(21)13-14(20)12-9-4-2-1-3-8(9)5-6-10(12)23-16(13)22/h1-6,20H,7H2,(H,17,21)(H,18,19). The van der Waals surface area contributed by atoms with Crippen LogP contribution in [0.2, 0.25) is 0 Å². The minimum absolute atomic E-state index is 0.410. The number of carboxylic acids is 1. The van der Waals surface area contributed by atoms with E-state index in [1.54, 1.807) is 18.2 Å². The summed E-state index contributed by atoms with van der Waals surface area (Å²) in [7, 11) is 0. The second-order valence-electron chi connectivity index (χ2n) is 4.85. The molecule has 0 aliphatic heterocycles. The fraction of sp³-hybridized carbons (Fsp3) is 0.0625. The molecule has 0 saturated carbocycles. The highest BCUT2D eigenvalue weighted by Crippen LogP contribution is 2.34. The molecule has 23 heavy (non-hydrogen) atoms. The van der Waals surface area contributed by atoms with Gasteiger partial charge in [0.15, 0.2) is 0 Å². The molecule has 0 aliphatic rings. The number of aromatic hydroxyl groups is 1. The zero-order valence-electron chi connectivity index (χ0n) is 11.7. The van der Waals surface area contributed by atoms with Crippen LogP contribution in [-0.4, -0.2) is 28.6 Å². The van der Waals surface area contributed by atoms with Crippen LogP contribution in [0.15, 0.2) is 41.2 Å². The molecule has 3 N–H and O–H groups in total. The molecule has 0 atom stereocenters. The predicted molar refractivity (Wildman–Crippen MR) is 87.2 cm³/mol. The first-order valence-electron chi connectivity index (χ1n) is 6.66. The van der Waals surface area contributed by atoms with E-state index in [2.05, 4.69) is 5.32 Å². The van der Waals surface area contributed by atoms with Crippen molar-refractivity contribution in [2.24, 2.45) is 0 Å². The van der Waals surface area contributed by atoms with Crippen molar-refractivity contribution >= 4 is 44.1 Å². The maximum absolute atomic E-state index is 12.1. The summed E-state index contributed by atoms with van der Waals surface area (Å²) in [6.45, 7) is -0.629. The second-order valence-corrected chi connectivity index (χ2v) is 5.86. The number of hydrogen-bond donors (Lipinski definition) is 3. The smallest absolute Gasteiger partial charge is 0.322 e. The summed E-state index contributed by atoms with van der Waals surface area (Å²) in [5.74, 6) is -2.57. The van der Waals surface area contributed by atoms with Gasteiger partial charge in [-0.2, -0.15) is 0 Å². The van der Waals surface area contributed by atoms with E-state index in [0.29, 0.717) is 15.5 Å². The average Bonchev–Trinajstić information content (AvgIpc) is 2.52. The summed E-state index contributed by atoms with van der Waals surface area (Å²) in [5.41, 5.74) is -0.430. The first-order chi connectivity index (χ1) is 11.0. The number of nitrogens with one attached hydrogen (secondary N) is 1. The number of carboxylic acid groups (broad SMARTS) is 1. The third kappa shape index (κ3) is 2.62. The molecule has 0 radical (unpaired) electrons. The molecule has 116 valence electrons. The Morgan fingerprint density at radius 2 is 1.87 bits per heavy atom. The summed E-state index contributed by atoms with van der Waals surface area (Å²) in [6.07, 6.45) is 0. The first kappa shape index (κ1) is 15.0. The van der Waals surface area contributed by atoms with E-state index in [9.17, 15) is 19.5 Å². The molecule has 0 unspecified atom stereocenters. The number of hydrogen-bond acceptors (Lipinski definition) is 5. The Morgan fingerprint density at radius 3 is 2.61 bits per heavy atom. The molecule has 0 bridgehead atoms. The van der Waals surface area contributed by atoms with Crippen LogP contribution in [0.1, 0.15) is 10.4 Å². The van der Waals surface area contributed by atoms with E-state index < -0.39 is 34.5 Å². The van der Waals surface area contributed by atoms with Crippen LogP contribution < -0.4 is 10.1 Å². The molecule has 6 nitrogen and oxygen atoms in total. The van der Waals surface area contributed by atoms with E-state index in [0.717, 1.165) is 16.7 Å². The van der Waals surface area contributed by atoms with E-state index in [1.807, 2.05) is 18.2 Å². The summed E-state index contributed by atoms with van der Waals surface area (Å²) in [6, 6.07) is 10.8. The predicted octanol–water partition coefficient (Wildman–Crippen LogP) is 1.93. The number of carbonyl (C=O) groups excluding carboxylic acids is 1. The van der Waals surface area contributed by atoms with Gasteiger partial charge in [-0.05, 0) is 16.8 Å². The zero-order valence-corrected chi connectivity index (χ0v) is 12.5. The Morgan fingerprint density at radius 1 is 1.13 bits per heavy atom. The lowest BCUT2D eigenvalue weighted by Gasteiger charge is -2.09. The van der Waals surface area contributed by atoms with Gasteiger partial charge >= 0.3 is 5.97 Å². The second kappa shape index (κ2) is 5.69. The van der Waals surface area contributed by atoms with Gasteiger partial charge in [0.1, 0.15) is 17.9 Å². The molecule has 2 aromatic carbocycles. The largest absolute Gasteiger partial charge is 0.506 e. The van der Waals surface area contributed by atoms with Gasteiger partial charge in [-0.3, -0.25) is 14.4 Å². The number of amides is 1. The first-order valence-corrected chi connectivity index (χ1v) is 7.48.